The average molecular weight is 525 g/mol. The first-order valence-corrected chi connectivity index (χ1v) is 16.2. The molecule has 0 rings (SSSR count). The average Bonchev–Trinajstić information content (AvgIpc) is 2.86. The number of carbonyl (C=O) groups excluding carboxylic acids is 2. The first kappa shape index (κ1) is 35.9. The van der Waals surface area contributed by atoms with E-state index in [4.69, 9.17) is 9.47 Å². The van der Waals surface area contributed by atoms with Crippen LogP contribution in [0.15, 0.2) is 0 Å². The van der Waals surface area contributed by atoms with Crippen molar-refractivity contribution >= 4 is 11.9 Å². The Kier molecular flexibility index (Phi) is 25.8. The van der Waals surface area contributed by atoms with Crippen LogP contribution in [0.25, 0.3) is 0 Å². The molecular formula is C33H64O4. The molecule has 0 heterocycles. The Balaban J connectivity index is 3.35. The van der Waals surface area contributed by atoms with Crippen LogP contribution in [0.2, 0.25) is 0 Å². The lowest BCUT2D eigenvalue weighted by atomic mass is 9.96. The van der Waals surface area contributed by atoms with Crippen molar-refractivity contribution in [2.45, 2.75) is 182 Å². The number of esters is 2. The molecule has 0 aromatic carbocycles. The molecule has 4 heteroatoms. The van der Waals surface area contributed by atoms with Gasteiger partial charge in [0.05, 0.1) is 6.61 Å². The monoisotopic (exact) mass is 524 g/mol. The molecule has 0 spiro atoms. The summed E-state index contributed by atoms with van der Waals surface area (Å²) in [6.45, 7) is 11.1. The van der Waals surface area contributed by atoms with Gasteiger partial charge in [-0.2, -0.15) is 0 Å². The second-order valence-electron chi connectivity index (χ2n) is 11.9. The van der Waals surface area contributed by atoms with E-state index in [0.717, 1.165) is 12.8 Å². The normalized spacial score (nSPS) is 11.6. The zero-order valence-corrected chi connectivity index (χ0v) is 25.6. The molecule has 0 fully saturated rings. The summed E-state index contributed by atoms with van der Waals surface area (Å²) < 4.78 is 10.9. The third-order valence-electron chi connectivity index (χ3n) is 7.35. The van der Waals surface area contributed by atoms with Gasteiger partial charge in [-0.3, -0.25) is 9.59 Å². The molecular weight excluding hydrogens is 460 g/mol. The van der Waals surface area contributed by atoms with E-state index >= 15 is 0 Å². The fourth-order valence-electron chi connectivity index (χ4n) is 5.05. The molecule has 0 aliphatic rings. The molecule has 0 aromatic heterocycles. The number of hydrogen-bond acceptors (Lipinski definition) is 4. The Bertz CT molecular complexity index is 506. The summed E-state index contributed by atoms with van der Waals surface area (Å²) in [5.41, 5.74) is 0. The smallest absolute Gasteiger partial charge is 0.306 e. The predicted octanol–water partition coefficient (Wildman–Crippen LogP) is 10.4. The van der Waals surface area contributed by atoms with E-state index < -0.39 is 0 Å². The van der Waals surface area contributed by atoms with Gasteiger partial charge in [0.1, 0.15) is 6.10 Å². The Hall–Kier alpha value is -1.06. The first-order chi connectivity index (χ1) is 17.9. The SMILES string of the molecule is CCCCCCCCCCCCCCCCCCCCOC(=O)CCCCC(=O)OC(C(C)C)C(C)C. The molecule has 0 N–H and O–H groups in total. The number of ether oxygens (including phenoxy) is 2. The Morgan fingerprint density at radius 3 is 1.22 bits per heavy atom. The van der Waals surface area contributed by atoms with E-state index in [1.165, 1.54) is 103 Å². The van der Waals surface area contributed by atoms with Crippen molar-refractivity contribution in [3.05, 3.63) is 0 Å². The van der Waals surface area contributed by atoms with Crippen molar-refractivity contribution in [2.24, 2.45) is 11.8 Å². The number of hydrogen-bond donors (Lipinski definition) is 0. The maximum absolute atomic E-state index is 12.0. The van der Waals surface area contributed by atoms with Crippen molar-refractivity contribution in [1.29, 1.82) is 0 Å². The minimum absolute atomic E-state index is 0.0353. The minimum atomic E-state index is -0.153. The molecule has 0 aromatic rings. The number of carbonyl (C=O) groups is 2. The van der Waals surface area contributed by atoms with E-state index in [-0.39, 0.29) is 18.0 Å². The number of rotatable bonds is 27. The molecule has 4 nitrogen and oxygen atoms in total. The van der Waals surface area contributed by atoms with Gasteiger partial charge in [-0.1, -0.05) is 144 Å². The standard InChI is InChI=1S/C33H64O4/c1-6-7-8-9-10-11-12-13-14-15-16-17-18-19-20-21-22-25-28-36-31(34)26-23-24-27-32(35)37-33(29(2)3)30(4)5/h29-30,33H,6-28H2,1-5H3. The minimum Gasteiger partial charge on any atom is -0.466 e. The van der Waals surface area contributed by atoms with Crippen LogP contribution >= 0.6 is 0 Å². The quantitative estimate of drug-likeness (QED) is 0.0792. The van der Waals surface area contributed by atoms with Crippen molar-refractivity contribution in [2.75, 3.05) is 6.61 Å². The van der Waals surface area contributed by atoms with Crippen LogP contribution in [0, 0.1) is 11.8 Å². The Morgan fingerprint density at radius 1 is 0.486 bits per heavy atom. The van der Waals surface area contributed by atoms with E-state index in [1.807, 2.05) is 0 Å². The molecule has 0 atom stereocenters. The summed E-state index contributed by atoms with van der Waals surface area (Å²) in [5, 5.41) is 0. The fourth-order valence-corrected chi connectivity index (χ4v) is 5.05. The van der Waals surface area contributed by atoms with E-state index in [1.54, 1.807) is 0 Å². The van der Waals surface area contributed by atoms with E-state index in [2.05, 4.69) is 34.6 Å². The lowest BCUT2D eigenvalue weighted by Gasteiger charge is -2.24. The van der Waals surface area contributed by atoms with Gasteiger partial charge in [0.15, 0.2) is 0 Å². The van der Waals surface area contributed by atoms with Crippen LogP contribution in [-0.4, -0.2) is 24.6 Å². The van der Waals surface area contributed by atoms with Crippen LogP contribution in [0.3, 0.4) is 0 Å². The second kappa shape index (κ2) is 26.5. The molecule has 0 aliphatic heterocycles. The molecule has 0 unspecified atom stereocenters. The van der Waals surface area contributed by atoms with Crippen LogP contribution in [-0.2, 0) is 19.1 Å². The van der Waals surface area contributed by atoms with Crippen LogP contribution in [0.4, 0.5) is 0 Å². The van der Waals surface area contributed by atoms with Gasteiger partial charge in [-0.05, 0) is 31.1 Å². The Labute approximate surface area is 231 Å². The van der Waals surface area contributed by atoms with E-state index in [0.29, 0.717) is 44.1 Å². The lowest BCUT2D eigenvalue weighted by Crippen LogP contribution is -2.28. The van der Waals surface area contributed by atoms with Gasteiger partial charge in [-0.15, -0.1) is 0 Å². The van der Waals surface area contributed by atoms with Gasteiger partial charge in [0.2, 0.25) is 0 Å². The molecule has 0 amide bonds. The highest BCUT2D eigenvalue weighted by Gasteiger charge is 2.21. The van der Waals surface area contributed by atoms with Crippen LogP contribution in [0.5, 0.6) is 0 Å². The lowest BCUT2D eigenvalue weighted by molar-refractivity contribution is -0.154. The summed E-state index contributed by atoms with van der Waals surface area (Å²) in [6, 6.07) is 0. The third kappa shape index (κ3) is 25.0. The third-order valence-corrected chi connectivity index (χ3v) is 7.35. The second-order valence-corrected chi connectivity index (χ2v) is 11.9. The number of unbranched alkanes of at least 4 members (excludes halogenated alkanes) is 18. The molecule has 220 valence electrons. The van der Waals surface area contributed by atoms with Crippen LogP contribution < -0.4 is 0 Å². The first-order valence-electron chi connectivity index (χ1n) is 16.2. The highest BCUT2D eigenvalue weighted by atomic mass is 16.5. The molecule has 0 bridgehead atoms. The zero-order valence-electron chi connectivity index (χ0n) is 25.6. The molecule has 0 aliphatic carbocycles. The van der Waals surface area contributed by atoms with Crippen molar-refractivity contribution in [3.63, 3.8) is 0 Å². The highest BCUT2D eigenvalue weighted by Crippen LogP contribution is 2.18. The van der Waals surface area contributed by atoms with Gasteiger partial charge in [0.25, 0.3) is 0 Å². The largest absolute Gasteiger partial charge is 0.466 e. The van der Waals surface area contributed by atoms with Gasteiger partial charge < -0.3 is 9.47 Å². The van der Waals surface area contributed by atoms with Gasteiger partial charge >= 0.3 is 11.9 Å². The maximum atomic E-state index is 12.0. The fraction of sp³-hybridized carbons (Fsp3) is 0.939. The predicted molar refractivity (Wildman–Crippen MR) is 158 cm³/mol. The molecule has 0 saturated heterocycles. The maximum Gasteiger partial charge on any atom is 0.306 e. The van der Waals surface area contributed by atoms with Crippen LogP contribution in [0.1, 0.15) is 176 Å². The summed E-state index contributed by atoms with van der Waals surface area (Å²) in [7, 11) is 0. The van der Waals surface area contributed by atoms with Crippen molar-refractivity contribution in [1.82, 2.24) is 0 Å². The van der Waals surface area contributed by atoms with Gasteiger partial charge in [0, 0.05) is 12.8 Å². The zero-order chi connectivity index (χ0) is 27.6. The molecule has 0 saturated carbocycles. The van der Waals surface area contributed by atoms with Gasteiger partial charge in [-0.25, -0.2) is 0 Å². The summed E-state index contributed by atoms with van der Waals surface area (Å²) in [4.78, 5) is 23.9. The molecule has 37 heavy (non-hydrogen) atoms. The summed E-state index contributed by atoms with van der Waals surface area (Å²) in [5.74, 6) is 0.346. The van der Waals surface area contributed by atoms with Crippen molar-refractivity contribution < 1.29 is 19.1 Å². The van der Waals surface area contributed by atoms with Crippen molar-refractivity contribution in [3.8, 4) is 0 Å². The topological polar surface area (TPSA) is 52.6 Å². The molecule has 0 radical (unpaired) electrons. The summed E-state index contributed by atoms with van der Waals surface area (Å²) >= 11 is 0. The highest BCUT2D eigenvalue weighted by molar-refractivity contribution is 5.70. The summed E-state index contributed by atoms with van der Waals surface area (Å²) in [6.07, 6.45) is 26.5. The van der Waals surface area contributed by atoms with E-state index in [9.17, 15) is 9.59 Å². The Morgan fingerprint density at radius 2 is 0.838 bits per heavy atom.